The second-order valence-corrected chi connectivity index (χ2v) is 8.57. The summed E-state index contributed by atoms with van der Waals surface area (Å²) in [6, 6.07) is 3.31. The van der Waals surface area contributed by atoms with Crippen LogP contribution in [0.2, 0.25) is 0 Å². The molecule has 152 valence electrons. The molecule has 1 aliphatic carbocycles. The number of hydrogen-bond acceptors (Lipinski definition) is 5. The molecule has 0 saturated carbocycles. The minimum atomic E-state index is -0.942. The van der Waals surface area contributed by atoms with Gasteiger partial charge in [0.15, 0.2) is 6.10 Å². The Balaban J connectivity index is 1.67. The van der Waals surface area contributed by atoms with Gasteiger partial charge in [-0.1, -0.05) is 0 Å². The lowest BCUT2D eigenvalue weighted by molar-refractivity contribution is -0.154. The van der Waals surface area contributed by atoms with Crippen molar-refractivity contribution in [3.63, 3.8) is 0 Å². The maximum atomic E-state index is 14.6. The van der Waals surface area contributed by atoms with Crippen molar-refractivity contribution in [3.8, 4) is 11.4 Å². The van der Waals surface area contributed by atoms with E-state index in [-0.39, 0.29) is 18.0 Å². The van der Waals surface area contributed by atoms with E-state index >= 15 is 0 Å². The lowest BCUT2D eigenvalue weighted by atomic mass is 9.85. The Morgan fingerprint density at radius 2 is 2.00 bits per heavy atom. The van der Waals surface area contributed by atoms with Crippen LogP contribution in [-0.4, -0.2) is 15.5 Å². The molecule has 0 radical (unpaired) electrons. The number of fused-ring (bicyclic) bond motifs is 5. The van der Waals surface area contributed by atoms with Crippen LogP contribution in [-0.2, 0) is 38.6 Å². The summed E-state index contributed by atoms with van der Waals surface area (Å²) in [6.07, 6.45) is 1.71. The summed E-state index contributed by atoms with van der Waals surface area (Å²) in [7, 11) is 0. The quantitative estimate of drug-likeness (QED) is 0.283. The molecule has 3 aromatic rings. The summed E-state index contributed by atoms with van der Waals surface area (Å²) in [4.78, 5) is 30.2. The Morgan fingerprint density at radius 3 is 2.80 bits per heavy atom. The van der Waals surface area contributed by atoms with Crippen LogP contribution < -0.4 is 5.56 Å². The highest BCUT2D eigenvalue weighted by Crippen LogP contribution is 2.42. The van der Waals surface area contributed by atoms with Crippen LogP contribution in [0.3, 0.4) is 0 Å². The summed E-state index contributed by atoms with van der Waals surface area (Å²) >= 11 is 1.65. The number of nitrogens with zero attached hydrogens (tertiary/aromatic N) is 2. The van der Waals surface area contributed by atoms with Gasteiger partial charge in [-0.3, -0.25) is 7.86 Å². The molecule has 1 atom stereocenters. The predicted octanol–water partition coefficient (Wildman–Crippen LogP) is 3.83. The van der Waals surface area contributed by atoms with E-state index in [0.29, 0.717) is 40.1 Å². The number of cyclic esters (lactones) is 1. The average molecular weight is 518 g/mol. The maximum Gasteiger partial charge on any atom is 0.341 e. The molecule has 2 aromatic heterocycles. The zero-order valence-electron chi connectivity index (χ0n) is 16.1. The van der Waals surface area contributed by atoms with Crippen LogP contribution in [0.4, 0.5) is 4.39 Å². The van der Waals surface area contributed by atoms with Gasteiger partial charge in [0.05, 0.1) is 29.0 Å². The minimum absolute atomic E-state index is 0.0586. The Morgan fingerprint density at radius 1 is 1.20 bits per heavy atom. The second-order valence-electron chi connectivity index (χ2n) is 8.06. The minimum Gasteiger partial charge on any atom is -0.458 e. The van der Waals surface area contributed by atoms with Gasteiger partial charge in [-0.05, 0) is 48.9 Å². The van der Waals surface area contributed by atoms with Crippen molar-refractivity contribution < 1.29 is 17.0 Å². The molecule has 0 fully saturated rings. The van der Waals surface area contributed by atoms with Crippen molar-refractivity contribution in [3.05, 3.63) is 61.7 Å². The Kier molecular flexibility index (Phi) is 3.89. The maximum absolute atomic E-state index is 14.6. The number of hydrogen-bond donors (Lipinski definition) is 0. The highest BCUT2D eigenvalue weighted by Gasteiger charge is 2.36. The van der Waals surface area contributed by atoms with E-state index in [9.17, 15) is 14.0 Å². The summed E-state index contributed by atoms with van der Waals surface area (Å²) in [5.74, 6) is -0.761. The third-order valence-electron chi connectivity index (χ3n) is 6.61. The first-order valence-corrected chi connectivity index (χ1v) is 10.7. The zero-order valence-corrected chi connectivity index (χ0v) is 18.2. The Hall–Kier alpha value is -2.33. The van der Waals surface area contributed by atoms with Crippen LogP contribution in [0.25, 0.3) is 22.3 Å². The van der Waals surface area contributed by atoms with Crippen LogP contribution in [0.15, 0.2) is 16.9 Å². The van der Waals surface area contributed by atoms with E-state index in [4.69, 9.17) is 12.8 Å². The topological polar surface area (TPSA) is 70.4 Å². The van der Waals surface area contributed by atoms with Gasteiger partial charge in [0.1, 0.15) is 35.4 Å². The summed E-state index contributed by atoms with van der Waals surface area (Å²) in [5.41, 5.74) is 6.63. The highest BCUT2D eigenvalue weighted by molar-refractivity contribution is 14.1. The monoisotopic (exact) mass is 518 g/mol. The van der Waals surface area contributed by atoms with Gasteiger partial charge >= 0.3 is 5.97 Å². The number of carbonyl (C=O) groups excluding carboxylic acids is 1. The van der Waals surface area contributed by atoms with Crippen molar-refractivity contribution in [2.45, 2.75) is 45.4 Å². The molecule has 6 nitrogen and oxygen atoms in total. The van der Waals surface area contributed by atoms with Gasteiger partial charge in [-0.15, -0.1) is 0 Å². The SMILES string of the molecule is Cc1c(F)cc2nc3c(c4c2c1CCC4)Cn1c-3cc2c(c1=O)COC(=O)[C@H]2OI. The first-order valence-electron chi connectivity index (χ1n) is 9.84. The zero-order chi connectivity index (χ0) is 20.7. The lowest BCUT2D eigenvalue weighted by Crippen LogP contribution is -2.32. The van der Waals surface area contributed by atoms with Gasteiger partial charge in [0, 0.05) is 22.6 Å². The molecule has 0 saturated heterocycles. The smallest absolute Gasteiger partial charge is 0.341 e. The number of aromatic nitrogens is 2. The number of esters is 1. The van der Waals surface area contributed by atoms with E-state index in [0.717, 1.165) is 41.3 Å². The molecule has 1 aromatic carbocycles. The molecule has 0 bridgehead atoms. The molecule has 2 aliphatic heterocycles. The highest BCUT2D eigenvalue weighted by atomic mass is 127. The standard InChI is InChI=1S/C22H16FIN2O4/c1-9-10-3-2-4-11-13-7-26-17(19(13)25-16(18(10)11)6-15(9)23)5-12-14(21(26)27)8-29-22(28)20(12)30-24/h5-6,20H,2-4,7-8H2,1H3/t20-/m0/s1. The molecule has 0 amide bonds. The molecule has 8 heteroatoms. The van der Waals surface area contributed by atoms with Crippen LogP contribution in [0.1, 0.15) is 45.9 Å². The van der Waals surface area contributed by atoms with E-state index < -0.39 is 12.1 Å². The fourth-order valence-corrected chi connectivity index (χ4v) is 5.62. The van der Waals surface area contributed by atoms with E-state index in [1.807, 2.05) is 13.0 Å². The number of aryl methyl sites for hydroxylation is 2. The second kappa shape index (κ2) is 6.34. The van der Waals surface area contributed by atoms with Gasteiger partial charge < -0.3 is 9.30 Å². The first-order chi connectivity index (χ1) is 14.5. The van der Waals surface area contributed by atoms with Crippen molar-refractivity contribution >= 4 is 39.9 Å². The number of benzene rings is 1. The van der Waals surface area contributed by atoms with Gasteiger partial charge in [0.25, 0.3) is 5.56 Å². The Labute approximate surface area is 184 Å². The van der Waals surface area contributed by atoms with Crippen LogP contribution in [0, 0.1) is 12.7 Å². The third kappa shape index (κ3) is 2.29. The van der Waals surface area contributed by atoms with Gasteiger partial charge in [-0.25, -0.2) is 14.2 Å². The Bertz CT molecular complexity index is 1360. The van der Waals surface area contributed by atoms with E-state index in [1.165, 1.54) is 6.07 Å². The summed E-state index contributed by atoms with van der Waals surface area (Å²) in [5, 5.41) is 1.04. The van der Waals surface area contributed by atoms with Gasteiger partial charge in [-0.2, -0.15) is 0 Å². The van der Waals surface area contributed by atoms with Crippen LogP contribution in [0.5, 0.6) is 0 Å². The number of carbonyl (C=O) groups is 1. The molecule has 3 aliphatic rings. The molecular formula is C22H16FIN2O4. The number of pyridine rings is 2. The average Bonchev–Trinajstić information content (AvgIpc) is 3.11. The molecule has 30 heavy (non-hydrogen) atoms. The lowest BCUT2D eigenvalue weighted by Gasteiger charge is -2.23. The summed E-state index contributed by atoms with van der Waals surface area (Å²) < 4.78 is 26.7. The molecule has 0 N–H and O–H groups in total. The number of rotatable bonds is 1. The molecule has 4 heterocycles. The fourth-order valence-electron chi connectivity index (χ4n) is 5.13. The first kappa shape index (κ1) is 18.4. The van der Waals surface area contributed by atoms with Crippen molar-refractivity contribution in [1.29, 1.82) is 0 Å². The normalized spacial score (nSPS) is 18.8. The number of halogens is 2. The van der Waals surface area contributed by atoms with Gasteiger partial charge in [0.2, 0.25) is 0 Å². The van der Waals surface area contributed by atoms with Crippen molar-refractivity contribution in [1.82, 2.24) is 9.55 Å². The fraction of sp³-hybridized carbons (Fsp3) is 0.318. The van der Waals surface area contributed by atoms with Crippen LogP contribution >= 0.6 is 23.0 Å². The molecule has 6 rings (SSSR count). The van der Waals surface area contributed by atoms with E-state index in [2.05, 4.69) is 0 Å². The van der Waals surface area contributed by atoms with Crippen molar-refractivity contribution in [2.24, 2.45) is 0 Å². The predicted molar refractivity (Wildman–Crippen MR) is 115 cm³/mol. The van der Waals surface area contributed by atoms with Crippen molar-refractivity contribution in [2.75, 3.05) is 0 Å². The summed E-state index contributed by atoms with van der Waals surface area (Å²) in [6.45, 7) is 2.19. The largest absolute Gasteiger partial charge is 0.458 e. The molecule has 0 unspecified atom stereocenters. The number of ether oxygens (including phenoxy) is 1. The third-order valence-corrected chi connectivity index (χ3v) is 7.12. The molecular weight excluding hydrogens is 502 g/mol. The molecule has 0 spiro atoms. The van der Waals surface area contributed by atoms with E-state index in [1.54, 1.807) is 27.6 Å².